The average Bonchev–Trinajstić information content (AvgIpc) is 2.66. The zero-order valence-corrected chi connectivity index (χ0v) is 16.9. The molecule has 2 amide bonds. The van der Waals surface area contributed by atoms with E-state index >= 15 is 0 Å². The van der Waals surface area contributed by atoms with Gasteiger partial charge in [0.1, 0.15) is 0 Å². The van der Waals surface area contributed by atoms with Crippen molar-refractivity contribution in [2.75, 3.05) is 0 Å². The standard InChI is InChI=1S/C19H17IN4O3/c1-11(2)24-19(27)15-9-4-3-8-14(15)16(23-24)18(26)22-21-17(25)12-6-5-7-13(20)10-12/h3-11H,1-2H3,(H,21,25)(H,22,26). The molecule has 0 saturated heterocycles. The number of carbonyl (C=O) groups is 2. The van der Waals surface area contributed by atoms with Crippen molar-refractivity contribution in [1.29, 1.82) is 0 Å². The van der Waals surface area contributed by atoms with Crippen LogP contribution in [-0.4, -0.2) is 21.6 Å². The fraction of sp³-hybridized carbons (Fsp3) is 0.158. The molecular formula is C19H17IN4O3. The molecule has 1 heterocycles. The highest BCUT2D eigenvalue weighted by molar-refractivity contribution is 14.1. The first-order valence-corrected chi connectivity index (χ1v) is 9.34. The number of amides is 2. The van der Waals surface area contributed by atoms with Gasteiger partial charge in [0.05, 0.1) is 11.4 Å². The molecule has 0 radical (unpaired) electrons. The topological polar surface area (TPSA) is 93.1 Å². The van der Waals surface area contributed by atoms with Crippen LogP contribution in [-0.2, 0) is 0 Å². The maximum absolute atomic E-state index is 12.6. The van der Waals surface area contributed by atoms with E-state index in [0.717, 1.165) is 3.57 Å². The zero-order chi connectivity index (χ0) is 19.6. The van der Waals surface area contributed by atoms with E-state index in [0.29, 0.717) is 16.3 Å². The third-order valence-corrected chi connectivity index (χ3v) is 4.58. The summed E-state index contributed by atoms with van der Waals surface area (Å²) in [7, 11) is 0. The van der Waals surface area contributed by atoms with Gasteiger partial charge in [-0.1, -0.05) is 24.3 Å². The van der Waals surface area contributed by atoms with Crippen LogP contribution in [0.2, 0.25) is 0 Å². The summed E-state index contributed by atoms with van der Waals surface area (Å²) in [4.78, 5) is 37.4. The summed E-state index contributed by atoms with van der Waals surface area (Å²) in [6.07, 6.45) is 0. The van der Waals surface area contributed by atoms with Crippen molar-refractivity contribution in [1.82, 2.24) is 20.6 Å². The maximum Gasteiger partial charge on any atom is 0.290 e. The Morgan fingerprint density at radius 1 is 1.00 bits per heavy atom. The second kappa shape index (κ2) is 7.87. The molecule has 0 bridgehead atoms. The number of nitrogens with one attached hydrogen (secondary N) is 2. The Morgan fingerprint density at radius 2 is 1.67 bits per heavy atom. The van der Waals surface area contributed by atoms with Gasteiger partial charge in [-0.05, 0) is 60.7 Å². The van der Waals surface area contributed by atoms with E-state index < -0.39 is 11.8 Å². The number of nitrogens with zero attached hydrogens (tertiary/aromatic N) is 2. The lowest BCUT2D eigenvalue weighted by molar-refractivity contribution is 0.0843. The fourth-order valence-electron chi connectivity index (χ4n) is 2.60. The number of hydrazine groups is 1. The molecule has 138 valence electrons. The van der Waals surface area contributed by atoms with Crippen LogP contribution in [0.5, 0.6) is 0 Å². The van der Waals surface area contributed by atoms with Crippen LogP contribution in [0.3, 0.4) is 0 Å². The Morgan fingerprint density at radius 3 is 2.33 bits per heavy atom. The molecule has 3 aromatic rings. The van der Waals surface area contributed by atoms with Gasteiger partial charge in [0.25, 0.3) is 17.4 Å². The maximum atomic E-state index is 12.6. The summed E-state index contributed by atoms with van der Waals surface area (Å²) in [6, 6.07) is 13.5. The molecule has 2 N–H and O–H groups in total. The van der Waals surface area contributed by atoms with Crippen molar-refractivity contribution in [3.05, 3.63) is 73.7 Å². The first kappa shape index (κ1) is 19.0. The molecule has 7 nitrogen and oxygen atoms in total. The minimum atomic E-state index is -0.598. The van der Waals surface area contributed by atoms with Crippen LogP contribution in [0.4, 0.5) is 0 Å². The number of carbonyl (C=O) groups excluding carboxylic acids is 2. The minimum Gasteiger partial charge on any atom is -0.267 e. The lowest BCUT2D eigenvalue weighted by Gasteiger charge is -2.13. The van der Waals surface area contributed by atoms with Gasteiger partial charge in [-0.2, -0.15) is 5.10 Å². The molecular weight excluding hydrogens is 459 g/mol. The molecule has 27 heavy (non-hydrogen) atoms. The predicted octanol–water partition coefficient (Wildman–Crippen LogP) is 2.66. The molecule has 0 aliphatic carbocycles. The molecule has 0 saturated carbocycles. The van der Waals surface area contributed by atoms with E-state index in [4.69, 9.17) is 0 Å². The monoisotopic (exact) mass is 476 g/mol. The number of fused-ring (bicyclic) bond motifs is 1. The van der Waals surface area contributed by atoms with Gasteiger partial charge in [-0.25, -0.2) is 4.68 Å². The summed E-state index contributed by atoms with van der Waals surface area (Å²) < 4.78 is 2.17. The molecule has 0 aliphatic rings. The van der Waals surface area contributed by atoms with Gasteiger partial charge >= 0.3 is 0 Å². The highest BCUT2D eigenvalue weighted by Crippen LogP contribution is 2.14. The van der Waals surface area contributed by atoms with E-state index in [1.807, 2.05) is 19.9 Å². The number of halogens is 1. The van der Waals surface area contributed by atoms with E-state index in [-0.39, 0.29) is 17.3 Å². The van der Waals surface area contributed by atoms with Crippen LogP contribution in [0.25, 0.3) is 10.8 Å². The Kier molecular flexibility index (Phi) is 5.54. The Balaban J connectivity index is 1.90. The number of aromatic nitrogens is 2. The fourth-order valence-corrected chi connectivity index (χ4v) is 3.14. The van der Waals surface area contributed by atoms with Gasteiger partial charge in [0.15, 0.2) is 5.69 Å². The zero-order valence-electron chi connectivity index (χ0n) is 14.7. The van der Waals surface area contributed by atoms with E-state index in [9.17, 15) is 14.4 Å². The SMILES string of the molecule is CC(C)n1nc(C(=O)NNC(=O)c2cccc(I)c2)c2ccccc2c1=O. The number of rotatable bonds is 3. The van der Waals surface area contributed by atoms with Crippen molar-refractivity contribution < 1.29 is 9.59 Å². The molecule has 1 aromatic heterocycles. The van der Waals surface area contributed by atoms with Crippen molar-refractivity contribution in [3.8, 4) is 0 Å². The number of benzene rings is 2. The largest absolute Gasteiger partial charge is 0.290 e. The van der Waals surface area contributed by atoms with Gasteiger partial charge in [-0.3, -0.25) is 25.2 Å². The van der Waals surface area contributed by atoms with Crippen LogP contribution < -0.4 is 16.4 Å². The van der Waals surface area contributed by atoms with Crippen LogP contribution in [0.15, 0.2) is 53.3 Å². The quantitative estimate of drug-likeness (QED) is 0.449. The normalized spacial score (nSPS) is 10.8. The molecule has 0 fully saturated rings. The summed E-state index contributed by atoms with van der Waals surface area (Å²) >= 11 is 2.10. The second-order valence-electron chi connectivity index (χ2n) is 6.16. The predicted molar refractivity (Wildman–Crippen MR) is 110 cm³/mol. The molecule has 3 rings (SSSR count). The first-order valence-electron chi connectivity index (χ1n) is 8.26. The molecule has 0 atom stereocenters. The smallest absolute Gasteiger partial charge is 0.267 e. The lowest BCUT2D eigenvalue weighted by Crippen LogP contribution is -2.43. The Hall–Kier alpha value is -2.75. The van der Waals surface area contributed by atoms with Gasteiger partial charge in [0.2, 0.25) is 0 Å². The number of hydrogen-bond acceptors (Lipinski definition) is 4. The van der Waals surface area contributed by atoms with Gasteiger partial charge in [-0.15, -0.1) is 0 Å². The third kappa shape index (κ3) is 4.00. The second-order valence-corrected chi connectivity index (χ2v) is 7.40. The molecule has 0 spiro atoms. The van der Waals surface area contributed by atoms with Crippen LogP contribution in [0.1, 0.15) is 40.7 Å². The van der Waals surface area contributed by atoms with Crippen molar-refractivity contribution in [2.24, 2.45) is 0 Å². The van der Waals surface area contributed by atoms with Gasteiger partial charge < -0.3 is 0 Å². The molecule has 8 heteroatoms. The van der Waals surface area contributed by atoms with E-state index in [2.05, 4.69) is 38.5 Å². The average molecular weight is 476 g/mol. The summed E-state index contributed by atoms with van der Waals surface area (Å²) in [5, 5.41) is 5.03. The van der Waals surface area contributed by atoms with Crippen LogP contribution in [0, 0.1) is 3.57 Å². The summed E-state index contributed by atoms with van der Waals surface area (Å²) in [5.41, 5.74) is 4.99. The van der Waals surface area contributed by atoms with Crippen molar-refractivity contribution in [3.63, 3.8) is 0 Å². The van der Waals surface area contributed by atoms with E-state index in [1.165, 1.54) is 4.68 Å². The minimum absolute atomic E-state index is 0.0712. The van der Waals surface area contributed by atoms with Gasteiger partial charge in [0, 0.05) is 14.5 Å². The summed E-state index contributed by atoms with van der Waals surface area (Å²) in [5.74, 6) is -1.04. The number of hydrogen-bond donors (Lipinski definition) is 2. The lowest BCUT2D eigenvalue weighted by atomic mass is 10.1. The van der Waals surface area contributed by atoms with Crippen molar-refractivity contribution in [2.45, 2.75) is 19.9 Å². The molecule has 0 aliphatic heterocycles. The molecule has 0 unspecified atom stereocenters. The Labute approximate surface area is 168 Å². The summed E-state index contributed by atoms with van der Waals surface area (Å²) in [6.45, 7) is 3.62. The van der Waals surface area contributed by atoms with E-state index in [1.54, 1.807) is 42.5 Å². The third-order valence-electron chi connectivity index (χ3n) is 3.91. The van der Waals surface area contributed by atoms with Crippen LogP contribution >= 0.6 is 22.6 Å². The first-order chi connectivity index (χ1) is 12.9. The highest BCUT2D eigenvalue weighted by atomic mass is 127. The Bertz CT molecular complexity index is 1090. The molecule has 2 aromatic carbocycles. The highest BCUT2D eigenvalue weighted by Gasteiger charge is 2.18. The van der Waals surface area contributed by atoms with Crippen molar-refractivity contribution >= 4 is 45.2 Å².